The molecule has 0 bridgehead atoms. The molecule has 0 aliphatic rings. The molecule has 8 heteroatoms. The molecule has 0 fully saturated rings. The maximum absolute atomic E-state index is 12.4. The van der Waals surface area contributed by atoms with Crippen molar-refractivity contribution in [2.24, 2.45) is 0 Å². The van der Waals surface area contributed by atoms with Crippen molar-refractivity contribution in [2.45, 2.75) is 6.61 Å². The van der Waals surface area contributed by atoms with Crippen molar-refractivity contribution in [2.75, 3.05) is 36.2 Å². The van der Waals surface area contributed by atoms with Crippen LogP contribution in [0.3, 0.4) is 0 Å². The molecule has 0 saturated heterocycles. The quantitative estimate of drug-likeness (QED) is 0.268. The summed E-state index contributed by atoms with van der Waals surface area (Å²) < 4.78 is 16.9. The van der Waals surface area contributed by atoms with E-state index >= 15 is 0 Å². The summed E-state index contributed by atoms with van der Waals surface area (Å²) in [5, 5.41) is 3.68. The van der Waals surface area contributed by atoms with Crippen LogP contribution < -0.4 is 20.7 Å². The lowest BCUT2D eigenvalue weighted by atomic mass is 10.2. The Morgan fingerprint density at radius 1 is 1.09 bits per heavy atom. The van der Waals surface area contributed by atoms with Gasteiger partial charge >= 0.3 is 0 Å². The van der Waals surface area contributed by atoms with E-state index in [2.05, 4.69) is 5.32 Å². The maximum atomic E-state index is 12.4. The molecule has 1 heterocycles. The van der Waals surface area contributed by atoms with Crippen molar-refractivity contribution in [1.29, 1.82) is 0 Å². The number of hydrogen-bond donors (Lipinski definition) is 2. The van der Waals surface area contributed by atoms with E-state index in [9.17, 15) is 9.59 Å². The van der Waals surface area contributed by atoms with Crippen molar-refractivity contribution in [3.8, 4) is 5.75 Å². The number of anilines is 3. The minimum Gasteiger partial charge on any atom is -0.492 e. The maximum Gasteiger partial charge on any atom is 0.255 e. The van der Waals surface area contributed by atoms with Crippen LogP contribution in [0.1, 0.15) is 15.9 Å². The second-order valence-electron chi connectivity index (χ2n) is 7.57. The Balaban J connectivity index is 1.35. The van der Waals surface area contributed by atoms with E-state index in [1.807, 2.05) is 24.3 Å². The number of hydrogen-bond acceptors (Lipinski definition) is 6. The number of nitrogens with zero attached hydrogens (tertiary/aromatic N) is 1. The number of nitrogens with one attached hydrogen (secondary N) is 1. The summed E-state index contributed by atoms with van der Waals surface area (Å²) in [5.74, 6) is 0.743. The molecule has 3 aromatic carbocycles. The topological polar surface area (TPSA) is 107 Å². The lowest BCUT2D eigenvalue weighted by molar-refractivity contribution is -0.107. The van der Waals surface area contributed by atoms with Crippen molar-refractivity contribution in [3.05, 3.63) is 83.9 Å². The summed E-state index contributed by atoms with van der Waals surface area (Å²) in [6.07, 6.45) is 0.708. The highest BCUT2D eigenvalue weighted by Gasteiger charge is 2.14. The Labute approximate surface area is 196 Å². The molecule has 0 aliphatic carbocycles. The Hall–Kier alpha value is -4.30. The summed E-state index contributed by atoms with van der Waals surface area (Å²) in [6.45, 7) is 0.951. The third-order valence-corrected chi connectivity index (χ3v) is 5.25. The number of nitrogens with two attached hydrogens (primary N) is 1. The predicted molar refractivity (Wildman–Crippen MR) is 131 cm³/mol. The van der Waals surface area contributed by atoms with Gasteiger partial charge < -0.3 is 24.9 Å². The number of amides is 2. The fourth-order valence-corrected chi connectivity index (χ4v) is 3.51. The molecule has 4 aromatic rings. The first kappa shape index (κ1) is 22.9. The fraction of sp³-hybridized carbons (Fsp3) is 0.154. The van der Waals surface area contributed by atoms with Gasteiger partial charge in [0.05, 0.1) is 24.5 Å². The molecule has 0 spiro atoms. The molecule has 0 unspecified atom stereocenters. The van der Waals surface area contributed by atoms with Gasteiger partial charge in [-0.15, -0.1) is 0 Å². The molecule has 34 heavy (non-hydrogen) atoms. The highest BCUT2D eigenvalue weighted by atomic mass is 16.5. The first-order valence-corrected chi connectivity index (χ1v) is 10.7. The van der Waals surface area contributed by atoms with Gasteiger partial charge in [-0.1, -0.05) is 30.3 Å². The zero-order valence-corrected chi connectivity index (χ0v) is 18.7. The highest BCUT2D eigenvalue weighted by Crippen LogP contribution is 2.28. The van der Waals surface area contributed by atoms with E-state index in [4.69, 9.17) is 19.6 Å². The van der Waals surface area contributed by atoms with Gasteiger partial charge in [-0.25, -0.2) is 0 Å². The molecule has 1 aromatic heterocycles. The van der Waals surface area contributed by atoms with Gasteiger partial charge in [0.15, 0.2) is 0 Å². The largest absolute Gasteiger partial charge is 0.492 e. The number of rotatable bonds is 10. The molecule has 2 amide bonds. The predicted octanol–water partition coefficient (Wildman–Crippen LogP) is 4.46. The number of carbonyl (C=O) groups is 2. The van der Waals surface area contributed by atoms with Crippen LogP contribution in [0.5, 0.6) is 5.75 Å². The van der Waals surface area contributed by atoms with Gasteiger partial charge in [0.1, 0.15) is 17.9 Å². The number of fused-ring (bicyclic) bond motifs is 1. The van der Waals surface area contributed by atoms with Crippen LogP contribution >= 0.6 is 0 Å². The summed E-state index contributed by atoms with van der Waals surface area (Å²) in [4.78, 5) is 25.6. The van der Waals surface area contributed by atoms with Gasteiger partial charge in [-0.2, -0.15) is 0 Å². The SMILES string of the molecule is COCc1cccc2cc(N(C=O)CCOc3ccc(C(=O)Nc4ccccc4N)cc3)oc12. The van der Waals surface area contributed by atoms with E-state index in [0.29, 0.717) is 53.7 Å². The molecule has 0 aliphatic heterocycles. The van der Waals surface area contributed by atoms with Gasteiger partial charge in [0, 0.05) is 29.7 Å². The average Bonchev–Trinajstić information content (AvgIpc) is 3.29. The molecular formula is C26H25N3O5. The first-order valence-electron chi connectivity index (χ1n) is 10.7. The minimum absolute atomic E-state index is 0.243. The molecule has 4 rings (SSSR count). The monoisotopic (exact) mass is 459 g/mol. The van der Waals surface area contributed by atoms with Gasteiger partial charge in [0.2, 0.25) is 12.3 Å². The van der Waals surface area contributed by atoms with Crippen LogP contribution in [0.15, 0.2) is 77.2 Å². The van der Waals surface area contributed by atoms with Crippen LogP contribution in [0.4, 0.5) is 17.3 Å². The van der Waals surface area contributed by atoms with Gasteiger partial charge in [-0.05, 0) is 36.4 Å². The summed E-state index contributed by atoms with van der Waals surface area (Å²) in [5.41, 5.74) is 9.00. The third kappa shape index (κ3) is 5.19. The minimum atomic E-state index is -0.269. The summed E-state index contributed by atoms with van der Waals surface area (Å²) >= 11 is 0. The second-order valence-corrected chi connectivity index (χ2v) is 7.57. The van der Waals surface area contributed by atoms with Crippen LogP contribution in [0.25, 0.3) is 11.0 Å². The highest BCUT2D eigenvalue weighted by molar-refractivity contribution is 6.05. The number of nitrogen functional groups attached to an aromatic ring is 1. The smallest absolute Gasteiger partial charge is 0.255 e. The van der Waals surface area contributed by atoms with Gasteiger partial charge in [-0.3, -0.25) is 14.5 Å². The molecule has 0 radical (unpaired) electrons. The third-order valence-electron chi connectivity index (χ3n) is 5.25. The zero-order valence-electron chi connectivity index (χ0n) is 18.7. The Morgan fingerprint density at radius 2 is 1.88 bits per heavy atom. The molecule has 0 atom stereocenters. The molecule has 174 valence electrons. The van der Waals surface area contributed by atoms with Crippen LogP contribution in [-0.4, -0.2) is 32.6 Å². The van der Waals surface area contributed by atoms with E-state index in [0.717, 1.165) is 10.9 Å². The molecule has 0 saturated carbocycles. The van der Waals surface area contributed by atoms with Gasteiger partial charge in [0.25, 0.3) is 5.91 Å². The summed E-state index contributed by atoms with van der Waals surface area (Å²) in [7, 11) is 1.62. The Bertz CT molecular complexity index is 1280. The fourth-order valence-electron chi connectivity index (χ4n) is 3.51. The Kier molecular flexibility index (Phi) is 7.10. The molecule has 3 N–H and O–H groups in total. The van der Waals surface area contributed by atoms with Crippen molar-refractivity contribution >= 4 is 40.5 Å². The summed E-state index contributed by atoms with van der Waals surface area (Å²) in [6, 6.07) is 21.4. The zero-order chi connectivity index (χ0) is 23.9. The number of ether oxygens (including phenoxy) is 2. The average molecular weight is 460 g/mol. The second kappa shape index (κ2) is 10.5. The van der Waals surface area contributed by atoms with E-state index in [1.54, 1.807) is 55.6 Å². The van der Waals surface area contributed by atoms with Crippen LogP contribution in [0, 0.1) is 0 Å². The number of methoxy groups -OCH3 is 1. The van der Waals surface area contributed by atoms with E-state index in [1.165, 1.54) is 4.90 Å². The van der Waals surface area contributed by atoms with Crippen molar-refractivity contribution in [1.82, 2.24) is 0 Å². The number of para-hydroxylation sites is 3. The first-order chi connectivity index (χ1) is 16.6. The molecular weight excluding hydrogens is 434 g/mol. The lowest BCUT2D eigenvalue weighted by Gasteiger charge is -2.15. The Morgan fingerprint density at radius 3 is 2.62 bits per heavy atom. The normalized spacial score (nSPS) is 10.7. The van der Waals surface area contributed by atoms with Crippen molar-refractivity contribution in [3.63, 3.8) is 0 Å². The number of carbonyl (C=O) groups excluding carboxylic acids is 2. The van der Waals surface area contributed by atoms with E-state index in [-0.39, 0.29) is 12.5 Å². The van der Waals surface area contributed by atoms with E-state index < -0.39 is 0 Å². The molecule has 8 nitrogen and oxygen atoms in total. The van der Waals surface area contributed by atoms with Crippen molar-refractivity contribution < 1.29 is 23.5 Å². The standard InChI is InChI=1S/C26H25N3O5/c1-32-16-20-6-4-5-19-15-24(34-25(19)20)29(17-30)13-14-33-21-11-9-18(10-12-21)26(31)28-23-8-3-2-7-22(23)27/h2-12,15,17H,13-14,16,27H2,1H3,(H,28,31). The van der Waals surface area contributed by atoms with Crippen LogP contribution in [0.2, 0.25) is 0 Å². The van der Waals surface area contributed by atoms with Crippen LogP contribution in [-0.2, 0) is 16.1 Å². The number of furan rings is 1. The lowest BCUT2D eigenvalue weighted by Crippen LogP contribution is -2.26. The number of benzene rings is 3.